The first-order chi connectivity index (χ1) is 11.6. The zero-order valence-electron chi connectivity index (χ0n) is 16.0. The molecule has 148 valence electrons. The smallest absolute Gasteiger partial charge is 0.191 e. The van der Waals surface area contributed by atoms with E-state index in [-0.39, 0.29) is 41.7 Å². The van der Waals surface area contributed by atoms with Crippen LogP contribution in [0.3, 0.4) is 0 Å². The van der Waals surface area contributed by atoms with Crippen molar-refractivity contribution in [2.45, 2.75) is 43.9 Å². The molecule has 2 aliphatic heterocycles. The molecule has 2 N–H and O–H groups in total. The Labute approximate surface area is 169 Å². The second-order valence-corrected chi connectivity index (χ2v) is 7.02. The number of likely N-dealkylation sites (N-methyl/N-ethyl adjacent to an activating group) is 1. The molecule has 0 saturated carbocycles. The van der Waals surface area contributed by atoms with Crippen LogP contribution in [0.15, 0.2) is 4.99 Å². The van der Waals surface area contributed by atoms with Gasteiger partial charge in [0.15, 0.2) is 5.96 Å². The monoisotopic (exact) mass is 470 g/mol. The molecule has 7 nitrogen and oxygen atoms in total. The van der Waals surface area contributed by atoms with E-state index in [2.05, 4.69) is 41.5 Å². The van der Waals surface area contributed by atoms with Gasteiger partial charge < -0.3 is 29.7 Å². The van der Waals surface area contributed by atoms with E-state index in [9.17, 15) is 0 Å². The fraction of sp³-hybridized carbons (Fsp3) is 0.941. The highest BCUT2D eigenvalue weighted by Gasteiger charge is 2.34. The summed E-state index contributed by atoms with van der Waals surface area (Å²) in [6.45, 7) is 6.78. The van der Waals surface area contributed by atoms with Crippen LogP contribution in [-0.4, -0.2) is 89.3 Å². The molecule has 0 amide bonds. The summed E-state index contributed by atoms with van der Waals surface area (Å²) in [6.07, 6.45) is 3.30. The van der Waals surface area contributed by atoms with Crippen LogP contribution >= 0.6 is 24.0 Å². The standard InChI is InChI=1S/C17H34N4O3.HI/c1-14(11-24-15-5-8-23-12-15)20-16(18-2)19-13-17(21(3)4)6-9-22-10-7-17;/h14-15H,5-13H2,1-4H3,(H2,18,19,20);1H. The lowest BCUT2D eigenvalue weighted by Gasteiger charge is -2.43. The number of hydrogen-bond acceptors (Lipinski definition) is 5. The zero-order valence-corrected chi connectivity index (χ0v) is 18.4. The molecule has 8 heteroatoms. The topological polar surface area (TPSA) is 67.4 Å². The lowest BCUT2D eigenvalue weighted by Crippen LogP contribution is -2.57. The maximum absolute atomic E-state index is 5.87. The second-order valence-electron chi connectivity index (χ2n) is 7.02. The van der Waals surface area contributed by atoms with E-state index in [1.54, 1.807) is 7.05 Å². The van der Waals surface area contributed by atoms with Crippen LogP contribution < -0.4 is 10.6 Å². The number of rotatable bonds is 7. The third kappa shape index (κ3) is 7.16. The summed E-state index contributed by atoms with van der Waals surface area (Å²) >= 11 is 0. The van der Waals surface area contributed by atoms with Crippen molar-refractivity contribution < 1.29 is 14.2 Å². The Morgan fingerprint density at radius 2 is 2.00 bits per heavy atom. The first-order valence-corrected chi connectivity index (χ1v) is 8.97. The van der Waals surface area contributed by atoms with E-state index < -0.39 is 0 Å². The zero-order chi connectivity index (χ0) is 17.4. The number of ether oxygens (including phenoxy) is 3. The summed E-state index contributed by atoms with van der Waals surface area (Å²) in [6, 6.07) is 0.196. The molecular formula is C17H35IN4O3. The van der Waals surface area contributed by atoms with Crippen molar-refractivity contribution in [2.24, 2.45) is 4.99 Å². The molecule has 2 heterocycles. The third-order valence-electron chi connectivity index (χ3n) is 5.03. The largest absolute Gasteiger partial charge is 0.381 e. The van der Waals surface area contributed by atoms with Gasteiger partial charge in [-0.2, -0.15) is 0 Å². The summed E-state index contributed by atoms with van der Waals surface area (Å²) in [5.41, 5.74) is 0.122. The van der Waals surface area contributed by atoms with Crippen molar-refractivity contribution in [3.63, 3.8) is 0 Å². The molecule has 25 heavy (non-hydrogen) atoms. The quantitative estimate of drug-likeness (QED) is 0.330. The Bertz CT molecular complexity index is 397. The van der Waals surface area contributed by atoms with Gasteiger partial charge in [0.2, 0.25) is 0 Å². The van der Waals surface area contributed by atoms with E-state index >= 15 is 0 Å². The van der Waals surface area contributed by atoms with Crippen LogP contribution in [0.25, 0.3) is 0 Å². The summed E-state index contributed by atoms with van der Waals surface area (Å²) in [4.78, 5) is 6.66. The van der Waals surface area contributed by atoms with E-state index in [1.165, 1.54) is 0 Å². The minimum atomic E-state index is 0. The molecule has 0 spiro atoms. The van der Waals surface area contributed by atoms with Gasteiger partial charge in [-0.15, -0.1) is 24.0 Å². The van der Waals surface area contributed by atoms with Crippen LogP contribution in [0.2, 0.25) is 0 Å². The van der Waals surface area contributed by atoms with Gasteiger partial charge in [0.1, 0.15) is 0 Å². The van der Waals surface area contributed by atoms with Crippen molar-refractivity contribution >= 4 is 29.9 Å². The molecular weight excluding hydrogens is 435 g/mol. The first kappa shape index (κ1) is 22.9. The van der Waals surface area contributed by atoms with Gasteiger partial charge in [-0.05, 0) is 40.3 Å². The lowest BCUT2D eigenvalue weighted by atomic mass is 9.88. The minimum absolute atomic E-state index is 0. The fourth-order valence-electron chi connectivity index (χ4n) is 3.18. The van der Waals surface area contributed by atoms with Gasteiger partial charge in [-0.3, -0.25) is 4.99 Å². The minimum Gasteiger partial charge on any atom is -0.381 e. The molecule has 2 rings (SSSR count). The molecule has 0 aromatic rings. The van der Waals surface area contributed by atoms with E-state index in [1.807, 2.05) is 0 Å². The van der Waals surface area contributed by atoms with Gasteiger partial charge in [0.05, 0.1) is 19.3 Å². The Morgan fingerprint density at radius 1 is 1.28 bits per heavy atom. The van der Waals surface area contributed by atoms with Gasteiger partial charge in [0.25, 0.3) is 0 Å². The SMILES string of the molecule is CN=C(NCC1(N(C)C)CCOCC1)NC(C)COC1CCOC1.I. The van der Waals surface area contributed by atoms with Crippen molar-refractivity contribution in [3.05, 3.63) is 0 Å². The molecule has 2 saturated heterocycles. The lowest BCUT2D eigenvalue weighted by molar-refractivity contribution is -0.00509. The van der Waals surface area contributed by atoms with Gasteiger partial charge in [-0.25, -0.2) is 0 Å². The highest BCUT2D eigenvalue weighted by molar-refractivity contribution is 14.0. The highest BCUT2D eigenvalue weighted by atomic mass is 127. The summed E-state index contributed by atoms with van der Waals surface area (Å²) in [5.74, 6) is 0.821. The number of guanidine groups is 1. The number of aliphatic imine (C=N–C) groups is 1. The normalized spacial score (nSPS) is 24.7. The Morgan fingerprint density at radius 3 is 2.56 bits per heavy atom. The van der Waals surface area contributed by atoms with Gasteiger partial charge in [-0.1, -0.05) is 0 Å². The van der Waals surface area contributed by atoms with Crippen LogP contribution in [0.4, 0.5) is 0 Å². The molecule has 2 aliphatic rings. The molecule has 0 aromatic carbocycles. The van der Waals surface area contributed by atoms with Crippen molar-refractivity contribution in [3.8, 4) is 0 Å². The Balaban J connectivity index is 0.00000312. The Hall–Kier alpha value is -0.160. The maximum atomic E-state index is 5.87. The summed E-state index contributed by atoms with van der Waals surface area (Å²) in [5, 5.41) is 6.89. The van der Waals surface area contributed by atoms with Gasteiger partial charge >= 0.3 is 0 Å². The first-order valence-electron chi connectivity index (χ1n) is 8.97. The highest BCUT2D eigenvalue weighted by Crippen LogP contribution is 2.24. The van der Waals surface area contributed by atoms with Crippen molar-refractivity contribution in [1.82, 2.24) is 15.5 Å². The van der Waals surface area contributed by atoms with E-state index in [4.69, 9.17) is 14.2 Å². The molecule has 0 radical (unpaired) electrons. The Kier molecular flexibility index (Phi) is 10.6. The molecule has 0 bridgehead atoms. The molecule has 0 aromatic heterocycles. The van der Waals surface area contributed by atoms with Crippen LogP contribution in [0, 0.1) is 0 Å². The summed E-state index contributed by atoms with van der Waals surface area (Å²) < 4.78 is 16.7. The number of nitrogens with zero attached hydrogens (tertiary/aromatic N) is 2. The molecule has 2 atom stereocenters. The fourth-order valence-corrected chi connectivity index (χ4v) is 3.18. The van der Waals surface area contributed by atoms with Crippen molar-refractivity contribution in [1.29, 1.82) is 0 Å². The second kappa shape index (κ2) is 11.5. The predicted molar refractivity (Wildman–Crippen MR) is 111 cm³/mol. The van der Waals surface area contributed by atoms with E-state index in [0.29, 0.717) is 13.2 Å². The average Bonchev–Trinajstić information content (AvgIpc) is 3.11. The van der Waals surface area contributed by atoms with E-state index in [0.717, 1.165) is 51.6 Å². The van der Waals surface area contributed by atoms with Crippen LogP contribution in [-0.2, 0) is 14.2 Å². The van der Waals surface area contributed by atoms with Crippen LogP contribution in [0.1, 0.15) is 26.2 Å². The molecule has 0 aliphatic carbocycles. The molecule has 2 unspecified atom stereocenters. The number of hydrogen-bond donors (Lipinski definition) is 2. The molecule has 2 fully saturated rings. The van der Waals surface area contributed by atoms with Crippen molar-refractivity contribution in [2.75, 3.05) is 60.7 Å². The number of nitrogens with one attached hydrogen (secondary N) is 2. The van der Waals surface area contributed by atoms with Gasteiger partial charge in [0, 0.05) is 45.0 Å². The average molecular weight is 470 g/mol. The number of halogens is 1. The summed E-state index contributed by atoms with van der Waals surface area (Å²) in [7, 11) is 6.09. The maximum Gasteiger partial charge on any atom is 0.191 e. The third-order valence-corrected chi connectivity index (χ3v) is 5.03. The predicted octanol–water partition coefficient (Wildman–Crippen LogP) is 1.07. The van der Waals surface area contributed by atoms with Crippen LogP contribution in [0.5, 0.6) is 0 Å².